The van der Waals surface area contributed by atoms with Gasteiger partial charge in [0.25, 0.3) is 5.69 Å². The Labute approximate surface area is 120 Å². The van der Waals surface area contributed by atoms with Crippen LogP contribution >= 0.6 is 0 Å². The topological polar surface area (TPSA) is 55.6 Å². The van der Waals surface area contributed by atoms with E-state index in [0.29, 0.717) is 18.8 Å². The average Bonchev–Trinajstić information content (AvgIpc) is 2.44. The Hall–Kier alpha value is -2.63. The highest BCUT2D eigenvalue weighted by atomic mass is 19.1. The molecular weight excluding hydrogens is 275 g/mol. The molecule has 0 atom stereocenters. The fraction of sp³-hybridized carbons (Fsp3) is 0.200. The second kappa shape index (κ2) is 5.40. The molecule has 2 aromatic carbocycles. The Balaban J connectivity index is 1.68. The van der Waals surface area contributed by atoms with E-state index in [4.69, 9.17) is 4.74 Å². The molecule has 0 amide bonds. The summed E-state index contributed by atoms with van der Waals surface area (Å²) >= 11 is 0. The highest BCUT2D eigenvalue weighted by molar-refractivity contribution is 5.64. The summed E-state index contributed by atoms with van der Waals surface area (Å²) < 4.78 is 18.8. The van der Waals surface area contributed by atoms with Gasteiger partial charge in [-0.1, -0.05) is 18.2 Å². The van der Waals surface area contributed by atoms with Crippen LogP contribution in [0.1, 0.15) is 0 Å². The minimum atomic E-state index is -0.608. The summed E-state index contributed by atoms with van der Waals surface area (Å²) in [5.74, 6) is 0.166. The number of nitro groups is 1. The van der Waals surface area contributed by atoms with Crippen molar-refractivity contribution in [2.24, 2.45) is 0 Å². The zero-order chi connectivity index (χ0) is 14.8. The van der Waals surface area contributed by atoms with Gasteiger partial charge in [0.1, 0.15) is 23.4 Å². The minimum Gasteiger partial charge on any atom is -0.487 e. The summed E-state index contributed by atoms with van der Waals surface area (Å²) in [6, 6.07) is 13.0. The summed E-state index contributed by atoms with van der Waals surface area (Å²) in [4.78, 5) is 12.2. The number of benzene rings is 2. The second-order valence-electron chi connectivity index (χ2n) is 4.85. The molecule has 1 heterocycles. The minimum absolute atomic E-state index is 0.0166. The first kappa shape index (κ1) is 13.4. The van der Waals surface area contributed by atoms with Crippen molar-refractivity contribution in [3.05, 3.63) is 64.5 Å². The molecule has 108 valence electrons. The number of halogens is 1. The van der Waals surface area contributed by atoms with E-state index >= 15 is 0 Å². The van der Waals surface area contributed by atoms with Gasteiger partial charge in [-0.05, 0) is 24.3 Å². The molecule has 0 radical (unpaired) electrons. The van der Waals surface area contributed by atoms with Crippen molar-refractivity contribution < 1.29 is 14.1 Å². The quantitative estimate of drug-likeness (QED) is 0.641. The van der Waals surface area contributed by atoms with Gasteiger partial charge >= 0.3 is 0 Å². The smallest absolute Gasteiger partial charge is 0.295 e. The Morgan fingerprint density at radius 3 is 2.57 bits per heavy atom. The number of nitro benzene ring substituents is 1. The molecule has 0 N–H and O–H groups in total. The maximum Gasteiger partial charge on any atom is 0.295 e. The van der Waals surface area contributed by atoms with Gasteiger partial charge < -0.3 is 9.64 Å². The Bertz CT molecular complexity index is 657. The van der Waals surface area contributed by atoms with Gasteiger partial charge in [0.05, 0.1) is 24.1 Å². The van der Waals surface area contributed by atoms with Crippen molar-refractivity contribution in [3.63, 3.8) is 0 Å². The molecule has 3 rings (SSSR count). The molecule has 21 heavy (non-hydrogen) atoms. The van der Waals surface area contributed by atoms with Crippen LogP contribution in [-0.4, -0.2) is 24.1 Å². The van der Waals surface area contributed by atoms with Gasteiger partial charge in [-0.15, -0.1) is 0 Å². The highest BCUT2D eigenvalue weighted by Gasteiger charge is 2.32. The standard InChI is InChI=1S/C15H13FN2O3/c16-11-6-7-14(15(8-11)18(19)20)17-9-13(10-17)21-12-4-2-1-3-5-12/h1-8,13H,9-10H2. The number of hydrogen-bond acceptors (Lipinski definition) is 4. The van der Waals surface area contributed by atoms with E-state index in [0.717, 1.165) is 11.8 Å². The van der Waals surface area contributed by atoms with Crippen LogP contribution in [0.25, 0.3) is 0 Å². The molecule has 5 nitrogen and oxygen atoms in total. The number of anilines is 1. The molecule has 1 saturated heterocycles. The van der Waals surface area contributed by atoms with Crippen molar-refractivity contribution in [2.45, 2.75) is 6.10 Å². The maximum atomic E-state index is 13.1. The predicted octanol–water partition coefficient (Wildman–Crippen LogP) is 3.00. The third-order valence-corrected chi connectivity index (χ3v) is 3.37. The Morgan fingerprint density at radius 2 is 1.90 bits per heavy atom. The van der Waals surface area contributed by atoms with Crippen LogP contribution in [0.5, 0.6) is 5.75 Å². The summed E-state index contributed by atoms with van der Waals surface area (Å²) in [6.45, 7) is 1.09. The van der Waals surface area contributed by atoms with Gasteiger partial charge in [0.15, 0.2) is 0 Å². The predicted molar refractivity (Wildman–Crippen MR) is 76.1 cm³/mol. The van der Waals surface area contributed by atoms with Crippen molar-refractivity contribution >= 4 is 11.4 Å². The van der Waals surface area contributed by atoms with Gasteiger partial charge in [0, 0.05) is 0 Å². The summed E-state index contributed by atoms with van der Waals surface area (Å²) in [5.41, 5.74) is 0.211. The molecule has 1 fully saturated rings. The van der Waals surface area contributed by atoms with Crippen molar-refractivity contribution in [3.8, 4) is 5.75 Å². The molecule has 0 aliphatic carbocycles. The number of rotatable bonds is 4. The summed E-state index contributed by atoms with van der Waals surface area (Å²) in [6.07, 6.45) is -0.0166. The summed E-state index contributed by atoms with van der Waals surface area (Å²) in [5, 5.41) is 11.0. The molecule has 6 heteroatoms. The van der Waals surface area contributed by atoms with E-state index in [-0.39, 0.29) is 11.8 Å². The maximum absolute atomic E-state index is 13.1. The van der Waals surface area contributed by atoms with Gasteiger partial charge in [-0.3, -0.25) is 10.1 Å². The Morgan fingerprint density at radius 1 is 1.19 bits per heavy atom. The average molecular weight is 288 g/mol. The first-order valence-corrected chi connectivity index (χ1v) is 6.54. The third-order valence-electron chi connectivity index (χ3n) is 3.37. The van der Waals surface area contributed by atoms with Crippen LogP contribution in [0.15, 0.2) is 48.5 Å². The zero-order valence-electron chi connectivity index (χ0n) is 11.1. The molecular formula is C15H13FN2O3. The van der Waals surface area contributed by atoms with Crippen molar-refractivity contribution in [2.75, 3.05) is 18.0 Å². The lowest BCUT2D eigenvalue weighted by Gasteiger charge is -2.40. The molecule has 0 unspecified atom stereocenters. The van der Waals surface area contributed by atoms with Crippen LogP contribution in [0.2, 0.25) is 0 Å². The molecule has 0 aromatic heterocycles. The van der Waals surface area contributed by atoms with Gasteiger partial charge in [-0.2, -0.15) is 0 Å². The molecule has 1 aliphatic heterocycles. The van der Waals surface area contributed by atoms with Crippen molar-refractivity contribution in [1.29, 1.82) is 0 Å². The Kier molecular flexibility index (Phi) is 3.43. The first-order valence-electron chi connectivity index (χ1n) is 6.54. The van der Waals surface area contributed by atoms with Gasteiger partial charge in [0.2, 0.25) is 0 Å². The van der Waals surface area contributed by atoms with E-state index in [2.05, 4.69) is 0 Å². The van der Waals surface area contributed by atoms with Crippen LogP contribution < -0.4 is 9.64 Å². The van der Waals surface area contributed by atoms with E-state index in [9.17, 15) is 14.5 Å². The lowest BCUT2D eigenvalue weighted by molar-refractivity contribution is -0.384. The largest absolute Gasteiger partial charge is 0.487 e. The SMILES string of the molecule is O=[N+]([O-])c1cc(F)ccc1N1CC(Oc2ccccc2)C1. The van der Waals surface area contributed by atoms with Gasteiger partial charge in [-0.25, -0.2) is 4.39 Å². The fourth-order valence-corrected chi connectivity index (χ4v) is 2.31. The van der Waals surface area contributed by atoms with E-state index in [1.807, 2.05) is 35.2 Å². The van der Waals surface area contributed by atoms with Crippen LogP contribution in [0, 0.1) is 15.9 Å². The molecule has 0 spiro atoms. The molecule has 2 aromatic rings. The van der Waals surface area contributed by atoms with E-state index in [1.54, 1.807) is 0 Å². The van der Waals surface area contributed by atoms with Crippen LogP contribution in [0.3, 0.4) is 0 Å². The molecule has 1 aliphatic rings. The lowest BCUT2D eigenvalue weighted by Crippen LogP contribution is -2.54. The fourth-order valence-electron chi connectivity index (χ4n) is 2.31. The highest BCUT2D eigenvalue weighted by Crippen LogP contribution is 2.32. The second-order valence-corrected chi connectivity index (χ2v) is 4.85. The van der Waals surface area contributed by atoms with E-state index < -0.39 is 10.7 Å². The molecule has 0 saturated carbocycles. The number of hydrogen-bond donors (Lipinski definition) is 0. The third kappa shape index (κ3) is 2.79. The first-order chi connectivity index (χ1) is 10.1. The summed E-state index contributed by atoms with van der Waals surface area (Å²) in [7, 11) is 0. The molecule has 0 bridgehead atoms. The number of nitrogens with zero attached hydrogens (tertiary/aromatic N) is 2. The van der Waals surface area contributed by atoms with E-state index in [1.165, 1.54) is 12.1 Å². The zero-order valence-corrected chi connectivity index (χ0v) is 11.1. The van der Waals surface area contributed by atoms with Crippen LogP contribution in [0.4, 0.5) is 15.8 Å². The monoisotopic (exact) mass is 288 g/mol. The normalized spacial score (nSPS) is 14.6. The number of para-hydroxylation sites is 1. The van der Waals surface area contributed by atoms with Crippen molar-refractivity contribution in [1.82, 2.24) is 0 Å². The lowest BCUT2D eigenvalue weighted by atomic mass is 10.1. The number of ether oxygens (including phenoxy) is 1. The van der Waals surface area contributed by atoms with Crippen LogP contribution in [-0.2, 0) is 0 Å².